The zero-order valence-electron chi connectivity index (χ0n) is 13.5. The zero-order valence-corrected chi connectivity index (χ0v) is 13.5. The number of para-hydroxylation sites is 1. The number of hydrogen-bond donors (Lipinski definition) is 1. The molecule has 2 heteroatoms. The molecule has 1 heterocycles. The highest BCUT2D eigenvalue weighted by atomic mass is 15.0. The molecule has 1 aromatic carbocycles. The number of nitrogens with one attached hydrogen (secondary N) is 1. The van der Waals surface area contributed by atoms with Crippen LogP contribution < -0.4 is 5.32 Å². The second-order valence-corrected chi connectivity index (χ2v) is 6.94. The monoisotopic (exact) mass is 272 g/mol. The van der Waals surface area contributed by atoms with E-state index in [2.05, 4.69) is 75.0 Å². The highest BCUT2D eigenvalue weighted by Gasteiger charge is 2.12. The van der Waals surface area contributed by atoms with E-state index < -0.39 is 0 Å². The summed E-state index contributed by atoms with van der Waals surface area (Å²) in [6.07, 6.45) is 3.46. The van der Waals surface area contributed by atoms with E-state index in [0.717, 1.165) is 13.1 Å². The molecule has 2 aromatic rings. The Kier molecular flexibility index (Phi) is 4.54. The van der Waals surface area contributed by atoms with Crippen LogP contribution in [-0.4, -0.2) is 10.1 Å². The molecule has 1 unspecified atom stereocenters. The highest BCUT2D eigenvalue weighted by Crippen LogP contribution is 2.22. The van der Waals surface area contributed by atoms with Crippen molar-refractivity contribution in [3.63, 3.8) is 0 Å². The van der Waals surface area contributed by atoms with E-state index in [1.54, 1.807) is 0 Å². The Hall–Kier alpha value is -1.28. The summed E-state index contributed by atoms with van der Waals surface area (Å²) in [5, 5.41) is 4.95. The van der Waals surface area contributed by atoms with E-state index >= 15 is 0 Å². The third-order valence-corrected chi connectivity index (χ3v) is 3.89. The van der Waals surface area contributed by atoms with Gasteiger partial charge in [0.2, 0.25) is 0 Å². The van der Waals surface area contributed by atoms with Crippen LogP contribution in [0.4, 0.5) is 0 Å². The molecule has 0 radical (unpaired) electrons. The van der Waals surface area contributed by atoms with Gasteiger partial charge in [-0.05, 0) is 43.7 Å². The van der Waals surface area contributed by atoms with Crippen molar-refractivity contribution in [3.05, 3.63) is 36.0 Å². The number of rotatable bonds is 5. The number of benzene rings is 1. The molecule has 20 heavy (non-hydrogen) atoms. The van der Waals surface area contributed by atoms with Crippen molar-refractivity contribution >= 4 is 10.9 Å². The van der Waals surface area contributed by atoms with Gasteiger partial charge in [-0.1, -0.05) is 38.5 Å². The fourth-order valence-electron chi connectivity index (χ4n) is 2.46. The van der Waals surface area contributed by atoms with Crippen LogP contribution in [0.3, 0.4) is 0 Å². The smallest absolute Gasteiger partial charge is 0.0525 e. The summed E-state index contributed by atoms with van der Waals surface area (Å²) in [4.78, 5) is 0. The van der Waals surface area contributed by atoms with E-state index in [0.29, 0.717) is 5.92 Å². The van der Waals surface area contributed by atoms with Gasteiger partial charge in [-0.3, -0.25) is 0 Å². The summed E-state index contributed by atoms with van der Waals surface area (Å²) in [6, 6.07) is 8.85. The van der Waals surface area contributed by atoms with E-state index in [4.69, 9.17) is 0 Å². The SMILES string of the molecule is CCC(C)Cn1ccc2cccc(CNC(C)(C)C)c21. The Morgan fingerprint density at radius 1 is 1.20 bits per heavy atom. The van der Waals surface area contributed by atoms with Gasteiger partial charge in [-0.2, -0.15) is 0 Å². The van der Waals surface area contributed by atoms with Crippen LogP contribution in [0, 0.1) is 5.92 Å². The maximum atomic E-state index is 3.60. The van der Waals surface area contributed by atoms with Gasteiger partial charge >= 0.3 is 0 Å². The summed E-state index contributed by atoms with van der Waals surface area (Å²) in [6.45, 7) is 13.3. The molecular formula is C18H28N2. The molecule has 0 aliphatic carbocycles. The second kappa shape index (κ2) is 6.01. The molecule has 2 nitrogen and oxygen atoms in total. The topological polar surface area (TPSA) is 17.0 Å². The lowest BCUT2D eigenvalue weighted by molar-refractivity contribution is 0.424. The molecule has 1 atom stereocenters. The van der Waals surface area contributed by atoms with Gasteiger partial charge in [0.15, 0.2) is 0 Å². The molecule has 0 aliphatic heterocycles. The molecular weight excluding hydrogens is 244 g/mol. The molecule has 1 aromatic heterocycles. The van der Waals surface area contributed by atoms with Gasteiger partial charge in [0.05, 0.1) is 5.52 Å². The maximum absolute atomic E-state index is 3.60. The molecule has 0 aliphatic rings. The van der Waals surface area contributed by atoms with Gasteiger partial charge < -0.3 is 9.88 Å². The number of hydrogen-bond acceptors (Lipinski definition) is 1. The second-order valence-electron chi connectivity index (χ2n) is 6.94. The molecule has 0 bridgehead atoms. The van der Waals surface area contributed by atoms with Crippen molar-refractivity contribution in [2.45, 2.75) is 59.7 Å². The predicted octanol–water partition coefficient (Wildman–Crippen LogP) is 4.58. The van der Waals surface area contributed by atoms with Crippen LogP contribution in [0.15, 0.2) is 30.5 Å². The summed E-state index contributed by atoms with van der Waals surface area (Å²) in [5.41, 5.74) is 2.94. The Morgan fingerprint density at radius 2 is 1.95 bits per heavy atom. The molecule has 2 rings (SSSR count). The third kappa shape index (κ3) is 3.63. The van der Waals surface area contributed by atoms with Crippen molar-refractivity contribution < 1.29 is 0 Å². The van der Waals surface area contributed by atoms with E-state index in [1.165, 1.54) is 22.9 Å². The van der Waals surface area contributed by atoms with Crippen molar-refractivity contribution in [2.75, 3.05) is 0 Å². The number of fused-ring (bicyclic) bond motifs is 1. The molecule has 1 N–H and O–H groups in total. The Morgan fingerprint density at radius 3 is 2.60 bits per heavy atom. The summed E-state index contributed by atoms with van der Waals surface area (Å²) in [5.74, 6) is 0.717. The Bertz CT molecular complexity index is 560. The van der Waals surface area contributed by atoms with Crippen LogP contribution in [0.25, 0.3) is 10.9 Å². The fraction of sp³-hybridized carbons (Fsp3) is 0.556. The lowest BCUT2D eigenvalue weighted by Gasteiger charge is -2.21. The minimum absolute atomic E-state index is 0.149. The van der Waals surface area contributed by atoms with E-state index in [9.17, 15) is 0 Å². The first kappa shape index (κ1) is 15.1. The molecule has 0 spiro atoms. The van der Waals surface area contributed by atoms with Crippen LogP contribution >= 0.6 is 0 Å². The predicted molar refractivity (Wildman–Crippen MR) is 88.0 cm³/mol. The minimum atomic E-state index is 0.149. The average Bonchev–Trinajstić information content (AvgIpc) is 2.79. The van der Waals surface area contributed by atoms with Crippen molar-refractivity contribution in [1.29, 1.82) is 0 Å². The lowest BCUT2D eigenvalue weighted by Crippen LogP contribution is -2.35. The Labute approximate surface area is 123 Å². The standard InChI is InChI=1S/C18H28N2/c1-6-14(2)13-20-11-10-15-8-7-9-16(17(15)20)12-19-18(3,4)5/h7-11,14,19H,6,12-13H2,1-5H3. The van der Waals surface area contributed by atoms with Gasteiger partial charge in [0.25, 0.3) is 0 Å². The molecule has 0 saturated heterocycles. The number of nitrogens with zero attached hydrogens (tertiary/aromatic N) is 1. The van der Waals surface area contributed by atoms with Crippen molar-refractivity contribution in [3.8, 4) is 0 Å². The van der Waals surface area contributed by atoms with Crippen LogP contribution in [-0.2, 0) is 13.1 Å². The molecule has 0 fully saturated rings. The van der Waals surface area contributed by atoms with Crippen molar-refractivity contribution in [1.82, 2.24) is 9.88 Å². The van der Waals surface area contributed by atoms with E-state index in [1.807, 2.05) is 0 Å². The zero-order chi connectivity index (χ0) is 14.8. The Balaban J connectivity index is 2.31. The van der Waals surface area contributed by atoms with Gasteiger partial charge in [0, 0.05) is 24.8 Å². The average molecular weight is 272 g/mol. The molecule has 0 amide bonds. The normalized spacial score (nSPS) is 13.8. The van der Waals surface area contributed by atoms with Gasteiger partial charge in [-0.15, -0.1) is 0 Å². The molecule has 110 valence electrons. The summed E-state index contributed by atoms with van der Waals surface area (Å²) < 4.78 is 2.42. The fourth-order valence-corrected chi connectivity index (χ4v) is 2.46. The first-order valence-corrected chi connectivity index (χ1v) is 7.72. The van der Waals surface area contributed by atoms with Gasteiger partial charge in [-0.25, -0.2) is 0 Å². The maximum Gasteiger partial charge on any atom is 0.0525 e. The minimum Gasteiger partial charge on any atom is -0.347 e. The summed E-state index contributed by atoms with van der Waals surface area (Å²) in [7, 11) is 0. The van der Waals surface area contributed by atoms with Crippen LogP contribution in [0.2, 0.25) is 0 Å². The van der Waals surface area contributed by atoms with Crippen LogP contribution in [0.1, 0.15) is 46.6 Å². The summed E-state index contributed by atoms with van der Waals surface area (Å²) >= 11 is 0. The van der Waals surface area contributed by atoms with E-state index in [-0.39, 0.29) is 5.54 Å². The molecule has 0 saturated carbocycles. The lowest BCUT2D eigenvalue weighted by atomic mass is 10.1. The quantitative estimate of drug-likeness (QED) is 0.843. The number of aromatic nitrogens is 1. The largest absolute Gasteiger partial charge is 0.347 e. The highest BCUT2D eigenvalue weighted by molar-refractivity contribution is 5.83. The first-order valence-electron chi connectivity index (χ1n) is 7.72. The van der Waals surface area contributed by atoms with Gasteiger partial charge in [0.1, 0.15) is 0 Å². The van der Waals surface area contributed by atoms with Crippen molar-refractivity contribution in [2.24, 2.45) is 5.92 Å². The third-order valence-electron chi connectivity index (χ3n) is 3.89. The first-order chi connectivity index (χ1) is 9.40. The van der Waals surface area contributed by atoms with Crippen LogP contribution in [0.5, 0.6) is 0 Å².